The summed E-state index contributed by atoms with van der Waals surface area (Å²) in [5.41, 5.74) is 1.17. The van der Waals surface area contributed by atoms with E-state index >= 15 is 0 Å². The van der Waals surface area contributed by atoms with E-state index in [1.807, 2.05) is 12.1 Å². The summed E-state index contributed by atoms with van der Waals surface area (Å²) < 4.78 is 18.4. The van der Waals surface area contributed by atoms with E-state index in [1.165, 1.54) is 5.56 Å². The molecule has 7 nitrogen and oxygen atoms in total. The van der Waals surface area contributed by atoms with Gasteiger partial charge in [0.2, 0.25) is 6.79 Å². The van der Waals surface area contributed by atoms with Crippen molar-refractivity contribution in [1.29, 1.82) is 0 Å². The van der Waals surface area contributed by atoms with Gasteiger partial charge in [0.25, 0.3) is 0 Å². The van der Waals surface area contributed by atoms with E-state index in [2.05, 4.69) is 46.5 Å². The lowest BCUT2D eigenvalue weighted by molar-refractivity contribution is 0.0866. The Bertz CT molecular complexity index is 701. The van der Waals surface area contributed by atoms with Crippen molar-refractivity contribution in [3.63, 3.8) is 0 Å². The number of aromatic nitrogens is 3. The molecule has 3 rings (SSSR count). The van der Waals surface area contributed by atoms with E-state index < -0.39 is 0 Å². The van der Waals surface area contributed by atoms with Crippen molar-refractivity contribution in [2.45, 2.75) is 45.9 Å². The van der Waals surface area contributed by atoms with Gasteiger partial charge in [-0.25, -0.2) is 0 Å². The molecule has 0 unspecified atom stereocenters. The SMILES string of the molecule is COC[C@@H](C)N(Cc1ccc2c(c1)OCO2)Cc1nncn1C(C)C. The van der Waals surface area contributed by atoms with Gasteiger partial charge >= 0.3 is 0 Å². The Morgan fingerprint density at radius 1 is 1.20 bits per heavy atom. The van der Waals surface area contributed by atoms with Crippen LogP contribution >= 0.6 is 0 Å². The molecule has 2 aromatic rings. The highest BCUT2D eigenvalue weighted by molar-refractivity contribution is 5.44. The highest BCUT2D eigenvalue weighted by Gasteiger charge is 2.20. The predicted octanol–water partition coefficient (Wildman–Crippen LogP) is 2.62. The van der Waals surface area contributed by atoms with Crippen LogP contribution in [0.25, 0.3) is 0 Å². The number of hydrogen-bond acceptors (Lipinski definition) is 6. The second-order valence-electron chi connectivity index (χ2n) is 6.65. The van der Waals surface area contributed by atoms with Gasteiger partial charge in [0, 0.05) is 25.7 Å². The van der Waals surface area contributed by atoms with E-state index in [9.17, 15) is 0 Å². The van der Waals surface area contributed by atoms with Crippen molar-refractivity contribution in [1.82, 2.24) is 19.7 Å². The third-order valence-corrected chi connectivity index (χ3v) is 4.40. The maximum Gasteiger partial charge on any atom is 0.231 e. The second kappa shape index (κ2) is 7.84. The lowest BCUT2D eigenvalue weighted by atomic mass is 10.1. The number of rotatable bonds is 8. The minimum absolute atomic E-state index is 0.243. The molecule has 0 spiro atoms. The van der Waals surface area contributed by atoms with E-state index in [4.69, 9.17) is 14.2 Å². The van der Waals surface area contributed by atoms with Gasteiger partial charge in [-0.1, -0.05) is 6.07 Å². The molecule has 136 valence electrons. The molecule has 1 aromatic carbocycles. The lowest BCUT2D eigenvalue weighted by Gasteiger charge is -2.28. The molecule has 0 saturated heterocycles. The van der Waals surface area contributed by atoms with Crippen LogP contribution in [0.15, 0.2) is 24.5 Å². The molecule has 1 atom stereocenters. The molecule has 0 bridgehead atoms. The first-order valence-corrected chi connectivity index (χ1v) is 8.58. The van der Waals surface area contributed by atoms with Gasteiger partial charge in [-0.2, -0.15) is 0 Å². The molecule has 0 N–H and O–H groups in total. The van der Waals surface area contributed by atoms with Crippen LogP contribution in [-0.4, -0.2) is 46.2 Å². The fourth-order valence-electron chi connectivity index (χ4n) is 2.98. The summed E-state index contributed by atoms with van der Waals surface area (Å²) in [5, 5.41) is 8.38. The molecule has 0 radical (unpaired) electrons. The molecule has 2 heterocycles. The zero-order valence-corrected chi connectivity index (χ0v) is 15.3. The van der Waals surface area contributed by atoms with Gasteiger partial charge in [0.05, 0.1) is 13.2 Å². The van der Waals surface area contributed by atoms with Crippen molar-refractivity contribution >= 4 is 0 Å². The predicted molar refractivity (Wildman–Crippen MR) is 93.6 cm³/mol. The van der Waals surface area contributed by atoms with Gasteiger partial charge in [0.1, 0.15) is 12.2 Å². The Labute approximate surface area is 148 Å². The molecule has 25 heavy (non-hydrogen) atoms. The fourth-order valence-corrected chi connectivity index (χ4v) is 2.98. The first-order chi connectivity index (χ1) is 12.1. The molecule has 1 aliphatic heterocycles. The van der Waals surface area contributed by atoms with Crippen LogP contribution in [0.2, 0.25) is 0 Å². The summed E-state index contributed by atoms with van der Waals surface area (Å²) in [5.74, 6) is 2.57. The van der Waals surface area contributed by atoms with Crippen LogP contribution < -0.4 is 9.47 Å². The summed E-state index contributed by atoms with van der Waals surface area (Å²) in [6.45, 7) is 8.84. The second-order valence-corrected chi connectivity index (χ2v) is 6.65. The minimum atomic E-state index is 0.243. The van der Waals surface area contributed by atoms with Gasteiger partial charge in [0.15, 0.2) is 11.5 Å². The minimum Gasteiger partial charge on any atom is -0.454 e. The number of methoxy groups -OCH3 is 1. The van der Waals surface area contributed by atoms with Crippen molar-refractivity contribution in [3.05, 3.63) is 35.9 Å². The third kappa shape index (κ3) is 4.11. The third-order valence-electron chi connectivity index (χ3n) is 4.40. The highest BCUT2D eigenvalue weighted by atomic mass is 16.7. The van der Waals surface area contributed by atoms with Crippen molar-refractivity contribution in [2.75, 3.05) is 20.5 Å². The van der Waals surface area contributed by atoms with Crippen LogP contribution in [0, 0.1) is 0 Å². The molecule has 0 saturated carbocycles. The number of ether oxygens (including phenoxy) is 3. The van der Waals surface area contributed by atoms with Crippen molar-refractivity contribution < 1.29 is 14.2 Å². The smallest absolute Gasteiger partial charge is 0.231 e. The molecular weight excluding hydrogens is 320 g/mol. The van der Waals surface area contributed by atoms with E-state index in [1.54, 1.807) is 13.4 Å². The van der Waals surface area contributed by atoms with Crippen LogP contribution in [0.1, 0.15) is 38.2 Å². The molecule has 1 aliphatic rings. The molecule has 1 aromatic heterocycles. The number of benzene rings is 1. The summed E-state index contributed by atoms with van der Waals surface area (Å²) in [4.78, 5) is 2.34. The number of nitrogens with zero attached hydrogens (tertiary/aromatic N) is 4. The average Bonchev–Trinajstić information content (AvgIpc) is 3.22. The standard InChI is InChI=1S/C18H26N4O3/c1-13(2)22-11-19-20-18(22)9-21(14(3)10-23-4)8-15-5-6-16-17(7-15)25-12-24-16/h5-7,11,13-14H,8-10,12H2,1-4H3/t14-/m1/s1. The first-order valence-electron chi connectivity index (χ1n) is 8.58. The Balaban J connectivity index is 1.78. The number of hydrogen-bond donors (Lipinski definition) is 0. The molecule has 0 fully saturated rings. The topological polar surface area (TPSA) is 61.6 Å². The highest BCUT2D eigenvalue weighted by Crippen LogP contribution is 2.33. The van der Waals surface area contributed by atoms with Gasteiger partial charge in [-0.3, -0.25) is 4.90 Å². The maximum absolute atomic E-state index is 5.49. The zero-order valence-electron chi connectivity index (χ0n) is 15.3. The molecule has 0 amide bonds. The van der Waals surface area contributed by atoms with Crippen LogP contribution in [0.4, 0.5) is 0 Å². The summed E-state index contributed by atoms with van der Waals surface area (Å²) in [6, 6.07) is 6.66. The van der Waals surface area contributed by atoms with Crippen LogP contribution in [0.5, 0.6) is 11.5 Å². The monoisotopic (exact) mass is 346 g/mol. The first kappa shape index (κ1) is 17.7. The lowest BCUT2D eigenvalue weighted by Crippen LogP contribution is -2.36. The summed E-state index contributed by atoms with van der Waals surface area (Å²) in [6.07, 6.45) is 1.79. The van der Waals surface area contributed by atoms with Gasteiger partial charge < -0.3 is 18.8 Å². The van der Waals surface area contributed by atoms with Crippen molar-refractivity contribution in [3.8, 4) is 11.5 Å². The molecule has 7 heteroatoms. The van der Waals surface area contributed by atoms with Crippen molar-refractivity contribution in [2.24, 2.45) is 0 Å². The Kier molecular flexibility index (Phi) is 5.55. The Hall–Kier alpha value is -2.12. The summed E-state index contributed by atoms with van der Waals surface area (Å²) in [7, 11) is 1.73. The Morgan fingerprint density at radius 3 is 2.76 bits per heavy atom. The average molecular weight is 346 g/mol. The van der Waals surface area contributed by atoms with Gasteiger partial charge in [-0.05, 0) is 38.5 Å². The van der Waals surface area contributed by atoms with E-state index in [-0.39, 0.29) is 6.04 Å². The molecular formula is C18H26N4O3. The quantitative estimate of drug-likeness (QED) is 0.732. The normalized spacial score (nSPS) is 14.5. The Morgan fingerprint density at radius 2 is 2.00 bits per heavy atom. The van der Waals surface area contributed by atoms with Crippen LogP contribution in [0.3, 0.4) is 0 Å². The van der Waals surface area contributed by atoms with Gasteiger partial charge in [-0.15, -0.1) is 10.2 Å². The number of fused-ring (bicyclic) bond motifs is 1. The fraction of sp³-hybridized carbons (Fsp3) is 0.556. The zero-order chi connectivity index (χ0) is 17.8. The maximum atomic E-state index is 5.49. The van der Waals surface area contributed by atoms with E-state index in [0.29, 0.717) is 26.0 Å². The summed E-state index contributed by atoms with van der Waals surface area (Å²) >= 11 is 0. The van der Waals surface area contributed by atoms with Crippen LogP contribution in [-0.2, 0) is 17.8 Å². The van der Waals surface area contributed by atoms with E-state index in [0.717, 1.165) is 23.9 Å². The largest absolute Gasteiger partial charge is 0.454 e. The molecule has 0 aliphatic carbocycles.